The predicted molar refractivity (Wildman–Crippen MR) is 126 cm³/mol. The number of hydrogen-bond donors (Lipinski definition) is 2. The van der Waals surface area contributed by atoms with Gasteiger partial charge in [0.2, 0.25) is 5.91 Å². The standard InChI is InChI=1S/C25H19ClN4O/c26-20-8-4-5-18(15-20)9-14-25(31)30-22-12-10-21(11-13-22)29-24-16-23(27-17-28-24)19-6-2-1-3-7-19/h1-17H,(H,30,31)(H,27,28,29)/b14-9+. The van der Waals surface area contributed by atoms with E-state index in [0.29, 0.717) is 16.5 Å². The van der Waals surface area contributed by atoms with Crippen molar-refractivity contribution in [3.05, 3.63) is 108 Å². The number of rotatable bonds is 6. The molecule has 0 aliphatic heterocycles. The van der Waals surface area contributed by atoms with Crippen molar-refractivity contribution in [2.24, 2.45) is 0 Å². The topological polar surface area (TPSA) is 66.9 Å². The Morgan fingerprint density at radius 3 is 2.39 bits per heavy atom. The first-order chi connectivity index (χ1) is 15.2. The zero-order chi connectivity index (χ0) is 21.5. The first kappa shape index (κ1) is 20.3. The zero-order valence-corrected chi connectivity index (χ0v) is 17.3. The summed E-state index contributed by atoms with van der Waals surface area (Å²) in [4.78, 5) is 20.8. The second kappa shape index (κ2) is 9.69. The van der Waals surface area contributed by atoms with Crippen molar-refractivity contribution in [3.8, 4) is 11.3 Å². The van der Waals surface area contributed by atoms with Crippen LogP contribution in [0.25, 0.3) is 17.3 Å². The van der Waals surface area contributed by atoms with Gasteiger partial charge in [-0.1, -0.05) is 54.1 Å². The minimum absolute atomic E-state index is 0.219. The van der Waals surface area contributed by atoms with Crippen LogP contribution in [0.1, 0.15) is 5.56 Å². The molecule has 0 fully saturated rings. The maximum Gasteiger partial charge on any atom is 0.248 e. The lowest BCUT2D eigenvalue weighted by atomic mass is 10.1. The quantitative estimate of drug-likeness (QED) is 0.360. The van der Waals surface area contributed by atoms with Crippen LogP contribution in [0.3, 0.4) is 0 Å². The molecule has 0 aliphatic rings. The van der Waals surface area contributed by atoms with Crippen LogP contribution in [-0.2, 0) is 4.79 Å². The Kier molecular flexibility index (Phi) is 6.35. The third-order valence-electron chi connectivity index (χ3n) is 4.44. The van der Waals surface area contributed by atoms with Crippen molar-refractivity contribution in [1.29, 1.82) is 0 Å². The van der Waals surface area contributed by atoms with Gasteiger partial charge in [0.05, 0.1) is 5.69 Å². The molecule has 31 heavy (non-hydrogen) atoms. The highest BCUT2D eigenvalue weighted by Gasteiger charge is 2.03. The van der Waals surface area contributed by atoms with Crippen molar-refractivity contribution >= 4 is 40.8 Å². The summed E-state index contributed by atoms with van der Waals surface area (Å²) < 4.78 is 0. The van der Waals surface area contributed by atoms with E-state index in [1.54, 1.807) is 18.2 Å². The van der Waals surface area contributed by atoms with Gasteiger partial charge in [-0.15, -0.1) is 0 Å². The summed E-state index contributed by atoms with van der Waals surface area (Å²) >= 11 is 5.95. The molecule has 1 aromatic heterocycles. The molecule has 152 valence electrons. The van der Waals surface area contributed by atoms with Gasteiger partial charge in [-0.25, -0.2) is 9.97 Å². The molecule has 0 saturated carbocycles. The molecule has 0 radical (unpaired) electrons. The highest BCUT2D eigenvalue weighted by molar-refractivity contribution is 6.30. The summed E-state index contributed by atoms with van der Waals surface area (Å²) in [7, 11) is 0. The second-order valence-corrected chi connectivity index (χ2v) is 7.17. The van der Waals surface area contributed by atoms with Gasteiger partial charge >= 0.3 is 0 Å². The predicted octanol–water partition coefficient (Wildman–Crippen LogP) is 6.19. The number of aromatic nitrogens is 2. The van der Waals surface area contributed by atoms with Crippen molar-refractivity contribution in [2.45, 2.75) is 0 Å². The van der Waals surface area contributed by atoms with E-state index >= 15 is 0 Å². The van der Waals surface area contributed by atoms with Gasteiger partial charge in [-0.05, 0) is 48.0 Å². The summed E-state index contributed by atoms with van der Waals surface area (Å²) in [6.45, 7) is 0. The summed E-state index contributed by atoms with van der Waals surface area (Å²) in [5, 5.41) is 6.72. The van der Waals surface area contributed by atoms with E-state index in [4.69, 9.17) is 11.6 Å². The van der Waals surface area contributed by atoms with Gasteiger partial charge in [0.25, 0.3) is 0 Å². The number of hydrogen-bond acceptors (Lipinski definition) is 4. The Morgan fingerprint density at radius 2 is 1.61 bits per heavy atom. The van der Waals surface area contributed by atoms with E-state index in [9.17, 15) is 4.79 Å². The van der Waals surface area contributed by atoms with Crippen LogP contribution >= 0.6 is 11.6 Å². The average molecular weight is 427 g/mol. The molecule has 0 saturated heterocycles. The molecule has 6 heteroatoms. The molecule has 3 aromatic carbocycles. The maximum atomic E-state index is 12.2. The molecular weight excluding hydrogens is 408 g/mol. The Morgan fingerprint density at radius 1 is 0.839 bits per heavy atom. The number of anilines is 3. The van der Waals surface area contributed by atoms with Gasteiger partial charge in [0, 0.05) is 34.1 Å². The van der Waals surface area contributed by atoms with Crippen LogP contribution in [0.2, 0.25) is 5.02 Å². The Bertz CT molecular complexity index is 1210. The fourth-order valence-electron chi connectivity index (χ4n) is 2.94. The Balaban J connectivity index is 1.38. The highest BCUT2D eigenvalue weighted by atomic mass is 35.5. The molecule has 0 bridgehead atoms. The van der Waals surface area contributed by atoms with Gasteiger partial charge < -0.3 is 10.6 Å². The van der Waals surface area contributed by atoms with E-state index < -0.39 is 0 Å². The van der Waals surface area contributed by atoms with E-state index in [1.807, 2.05) is 72.8 Å². The molecule has 1 heterocycles. The lowest BCUT2D eigenvalue weighted by Gasteiger charge is -2.08. The zero-order valence-electron chi connectivity index (χ0n) is 16.5. The highest BCUT2D eigenvalue weighted by Crippen LogP contribution is 2.22. The number of nitrogens with zero attached hydrogens (tertiary/aromatic N) is 2. The number of carbonyl (C=O) groups is 1. The Labute approximate surface area is 185 Å². The molecule has 4 rings (SSSR count). The number of amides is 1. The smallest absolute Gasteiger partial charge is 0.248 e. The van der Waals surface area contributed by atoms with Gasteiger partial charge in [0.15, 0.2) is 0 Å². The van der Waals surface area contributed by atoms with Crippen LogP contribution in [0, 0.1) is 0 Å². The Hall–Kier alpha value is -3.96. The molecule has 0 atom stereocenters. The summed E-state index contributed by atoms with van der Waals surface area (Å²) in [6.07, 6.45) is 4.73. The van der Waals surface area contributed by atoms with Crippen molar-refractivity contribution in [1.82, 2.24) is 9.97 Å². The summed E-state index contributed by atoms with van der Waals surface area (Å²) in [6, 6.07) is 26.5. The largest absolute Gasteiger partial charge is 0.340 e. The summed E-state index contributed by atoms with van der Waals surface area (Å²) in [5.41, 5.74) is 4.27. The van der Waals surface area contributed by atoms with Gasteiger partial charge in [0.1, 0.15) is 12.1 Å². The van der Waals surface area contributed by atoms with E-state index in [0.717, 1.165) is 22.5 Å². The molecule has 4 aromatic rings. The fourth-order valence-corrected chi connectivity index (χ4v) is 3.14. The minimum Gasteiger partial charge on any atom is -0.340 e. The van der Waals surface area contributed by atoms with Crippen molar-refractivity contribution in [2.75, 3.05) is 10.6 Å². The lowest BCUT2D eigenvalue weighted by Crippen LogP contribution is -2.07. The van der Waals surface area contributed by atoms with Crippen molar-refractivity contribution in [3.63, 3.8) is 0 Å². The number of nitrogens with one attached hydrogen (secondary N) is 2. The maximum absolute atomic E-state index is 12.2. The monoisotopic (exact) mass is 426 g/mol. The van der Waals surface area contributed by atoms with Crippen LogP contribution < -0.4 is 10.6 Å². The van der Waals surface area contributed by atoms with Gasteiger partial charge in [-0.3, -0.25) is 4.79 Å². The van der Waals surface area contributed by atoms with E-state index in [-0.39, 0.29) is 5.91 Å². The molecule has 1 amide bonds. The normalized spacial score (nSPS) is 10.7. The first-order valence-corrected chi connectivity index (χ1v) is 10.0. The minimum atomic E-state index is -0.219. The summed E-state index contributed by atoms with van der Waals surface area (Å²) in [5.74, 6) is 0.471. The first-order valence-electron chi connectivity index (χ1n) is 9.65. The molecule has 5 nitrogen and oxygen atoms in total. The SMILES string of the molecule is O=C(/C=C/c1cccc(Cl)c1)Nc1ccc(Nc2cc(-c3ccccc3)ncn2)cc1. The molecule has 0 spiro atoms. The number of benzene rings is 3. The van der Waals surface area contributed by atoms with Crippen LogP contribution in [0.5, 0.6) is 0 Å². The third-order valence-corrected chi connectivity index (χ3v) is 4.67. The molecule has 0 aliphatic carbocycles. The van der Waals surface area contributed by atoms with Crippen LogP contribution in [0.15, 0.2) is 97.3 Å². The van der Waals surface area contributed by atoms with Crippen LogP contribution in [0.4, 0.5) is 17.2 Å². The van der Waals surface area contributed by atoms with Crippen molar-refractivity contribution < 1.29 is 4.79 Å². The second-order valence-electron chi connectivity index (χ2n) is 6.73. The number of carbonyl (C=O) groups excluding carboxylic acids is 1. The van der Waals surface area contributed by atoms with E-state index in [1.165, 1.54) is 12.4 Å². The van der Waals surface area contributed by atoms with Crippen LogP contribution in [-0.4, -0.2) is 15.9 Å². The number of halogens is 1. The average Bonchev–Trinajstić information content (AvgIpc) is 2.80. The molecular formula is C25H19ClN4O. The molecule has 0 unspecified atom stereocenters. The fraction of sp³-hybridized carbons (Fsp3) is 0. The lowest BCUT2D eigenvalue weighted by molar-refractivity contribution is -0.111. The molecule has 2 N–H and O–H groups in total. The van der Waals surface area contributed by atoms with E-state index in [2.05, 4.69) is 20.6 Å². The van der Waals surface area contributed by atoms with Gasteiger partial charge in [-0.2, -0.15) is 0 Å². The third kappa shape index (κ3) is 5.78.